The lowest BCUT2D eigenvalue weighted by Crippen LogP contribution is -2.04. The smallest absolute Gasteiger partial charge is 0.333 e. The lowest BCUT2D eigenvalue weighted by molar-refractivity contribution is -0.138. The van der Waals surface area contributed by atoms with E-state index in [-0.39, 0.29) is 5.97 Å². The van der Waals surface area contributed by atoms with E-state index in [2.05, 4.69) is 4.98 Å². The van der Waals surface area contributed by atoms with Crippen LogP contribution in [0.5, 0.6) is 0 Å². The molecule has 2 rings (SSSR count). The monoisotopic (exact) mass is 241 g/mol. The fraction of sp³-hybridized carbons (Fsp3) is 0.200. The number of hydrogen-bond acceptors (Lipinski definition) is 3. The molecule has 0 radical (unpaired) electrons. The minimum atomic E-state index is -0.279. The summed E-state index contributed by atoms with van der Waals surface area (Å²) >= 11 is 0. The summed E-state index contributed by atoms with van der Waals surface area (Å²) < 4.78 is 4.97. The normalized spacial score (nSPS) is 11.6. The van der Waals surface area contributed by atoms with Crippen molar-refractivity contribution in [3.05, 3.63) is 47.7 Å². The van der Waals surface area contributed by atoms with Crippen molar-refractivity contribution in [2.24, 2.45) is 0 Å². The minimum absolute atomic E-state index is 0.279. The van der Waals surface area contributed by atoms with Crippen LogP contribution < -0.4 is 0 Å². The van der Waals surface area contributed by atoms with Crippen LogP contribution in [-0.4, -0.2) is 17.6 Å². The first-order valence-electron chi connectivity index (χ1n) is 5.91. The summed E-state index contributed by atoms with van der Waals surface area (Å²) in [6.07, 6.45) is 3.58. The molecule has 2 aromatic rings. The highest BCUT2D eigenvalue weighted by atomic mass is 16.5. The van der Waals surface area contributed by atoms with E-state index in [1.54, 1.807) is 20.0 Å². The van der Waals surface area contributed by atoms with Crippen molar-refractivity contribution >= 4 is 22.9 Å². The second-order valence-electron chi connectivity index (χ2n) is 3.97. The van der Waals surface area contributed by atoms with Gasteiger partial charge < -0.3 is 4.74 Å². The van der Waals surface area contributed by atoms with Gasteiger partial charge in [-0.05, 0) is 37.6 Å². The third-order valence-corrected chi connectivity index (χ3v) is 2.65. The highest BCUT2D eigenvalue weighted by Crippen LogP contribution is 2.19. The number of rotatable bonds is 3. The minimum Gasteiger partial charge on any atom is -0.463 e. The Morgan fingerprint density at radius 1 is 1.33 bits per heavy atom. The lowest BCUT2D eigenvalue weighted by atomic mass is 10.1. The Balaban J connectivity index is 2.43. The lowest BCUT2D eigenvalue weighted by Gasteiger charge is -2.04. The van der Waals surface area contributed by atoms with E-state index in [1.165, 1.54) is 0 Å². The molecule has 0 spiro atoms. The molecule has 0 fully saturated rings. The number of pyridine rings is 1. The number of fused-ring (bicyclic) bond motifs is 1. The van der Waals surface area contributed by atoms with Crippen molar-refractivity contribution in [3.63, 3.8) is 0 Å². The average Bonchev–Trinajstić information content (AvgIpc) is 2.39. The third-order valence-electron chi connectivity index (χ3n) is 2.65. The van der Waals surface area contributed by atoms with E-state index < -0.39 is 0 Å². The van der Waals surface area contributed by atoms with Crippen molar-refractivity contribution in [2.45, 2.75) is 13.8 Å². The SMILES string of the molecule is CCOC(=O)/C(C)=C/c1ccnc2ccccc12. The van der Waals surface area contributed by atoms with Gasteiger partial charge in [0.15, 0.2) is 0 Å². The summed E-state index contributed by atoms with van der Waals surface area (Å²) in [6.45, 7) is 3.95. The Kier molecular flexibility index (Phi) is 3.72. The van der Waals surface area contributed by atoms with Crippen molar-refractivity contribution in [1.29, 1.82) is 0 Å². The highest BCUT2D eigenvalue weighted by molar-refractivity contribution is 5.97. The van der Waals surface area contributed by atoms with Crippen LogP contribution in [0.15, 0.2) is 42.1 Å². The van der Waals surface area contributed by atoms with Gasteiger partial charge in [-0.15, -0.1) is 0 Å². The average molecular weight is 241 g/mol. The van der Waals surface area contributed by atoms with Gasteiger partial charge >= 0.3 is 5.97 Å². The predicted molar refractivity (Wildman–Crippen MR) is 72.0 cm³/mol. The second-order valence-corrected chi connectivity index (χ2v) is 3.97. The molecule has 0 unspecified atom stereocenters. The summed E-state index contributed by atoms with van der Waals surface area (Å²) in [5.41, 5.74) is 2.49. The van der Waals surface area contributed by atoms with Crippen molar-refractivity contribution in [3.8, 4) is 0 Å². The fourth-order valence-electron chi connectivity index (χ4n) is 1.78. The van der Waals surface area contributed by atoms with E-state index in [0.717, 1.165) is 16.5 Å². The number of para-hydroxylation sites is 1. The number of carbonyl (C=O) groups excluding carboxylic acids is 1. The van der Waals surface area contributed by atoms with Gasteiger partial charge in [-0.3, -0.25) is 4.98 Å². The first kappa shape index (κ1) is 12.3. The molecule has 0 aliphatic rings. The summed E-state index contributed by atoms with van der Waals surface area (Å²) in [7, 11) is 0. The number of esters is 1. The van der Waals surface area contributed by atoms with Crippen LogP contribution in [0.1, 0.15) is 19.4 Å². The van der Waals surface area contributed by atoms with Crippen LogP contribution >= 0.6 is 0 Å². The number of aromatic nitrogens is 1. The van der Waals surface area contributed by atoms with Gasteiger partial charge in [0, 0.05) is 17.2 Å². The maximum absolute atomic E-state index is 11.6. The molecule has 0 saturated heterocycles. The molecule has 0 aliphatic carbocycles. The molecule has 1 aromatic heterocycles. The van der Waals surface area contributed by atoms with E-state index in [9.17, 15) is 4.79 Å². The van der Waals surface area contributed by atoms with Gasteiger partial charge in [0.1, 0.15) is 0 Å². The molecule has 0 atom stereocenters. The largest absolute Gasteiger partial charge is 0.463 e. The molecule has 1 aromatic carbocycles. The summed E-state index contributed by atoms with van der Waals surface area (Å²) in [5.74, 6) is -0.279. The van der Waals surface area contributed by atoms with Gasteiger partial charge in [-0.1, -0.05) is 18.2 Å². The predicted octanol–water partition coefficient (Wildman–Crippen LogP) is 3.20. The number of benzene rings is 1. The molecule has 0 amide bonds. The van der Waals surface area contributed by atoms with Crippen LogP contribution in [0.25, 0.3) is 17.0 Å². The Bertz CT molecular complexity index is 597. The summed E-state index contributed by atoms with van der Waals surface area (Å²) in [6, 6.07) is 9.74. The van der Waals surface area contributed by atoms with Crippen molar-refractivity contribution < 1.29 is 9.53 Å². The highest BCUT2D eigenvalue weighted by Gasteiger charge is 2.06. The number of carbonyl (C=O) groups is 1. The summed E-state index contributed by atoms with van der Waals surface area (Å²) in [5, 5.41) is 1.03. The van der Waals surface area contributed by atoms with Gasteiger partial charge in [0.2, 0.25) is 0 Å². The molecule has 0 N–H and O–H groups in total. The maximum Gasteiger partial charge on any atom is 0.333 e. The number of hydrogen-bond donors (Lipinski definition) is 0. The van der Waals surface area contributed by atoms with Crippen molar-refractivity contribution in [2.75, 3.05) is 6.61 Å². The Morgan fingerprint density at radius 3 is 2.89 bits per heavy atom. The molecular weight excluding hydrogens is 226 g/mol. The van der Waals surface area contributed by atoms with Crippen LogP contribution in [0.3, 0.4) is 0 Å². The van der Waals surface area contributed by atoms with Gasteiger partial charge in [0.05, 0.1) is 12.1 Å². The summed E-state index contributed by atoms with van der Waals surface area (Å²) in [4.78, 5) is 15.9. The van der Waals surface area contributed by atoms with E-state index in [1.807, 2.05) is 36.4 Å². The van der Waals surface area contributed by atoms with E-state index in [0.29, 0.717) is 12.2 Å². The van der Waals surface area contributed by atoms with Gasteiger partial charge in [-0.25, -0.2) is 4.79 Å². The molecule has 0 aliphatic heterocycles. The first-order valence-corrected chi connectivity index (χ1v) is 5.91. The maximum atomic E-state index is 11.6. The van der Waals surface area contributed by atoms with E-state index in [4.69, 9.17) is 4.74 Å². The van der Waals surface area contributed by atoms with Crippen LogP contribution in [0, 0.1) is 0 Å². The van der Waals surface area contributed by atoms with Crippen LogP contribution in [0.2, 0.25) is 0 Å². The fourth-order valence-corrected chi connectivity index (χ4v) is 1.78. The molecule has 92 valence electrons. The molecule has 0 bridgehead atoms. The zero-order chi connectivity index (χ0) is 13.0. The van der Waals surface area contributed by atoms with Gasteiger partial charge in [-0.2, -0.15) is 0 Å². The zero-order valence-electron chi connectivity index (χ0n) is 10.5. The molecule has 3 nitrogen and oxygen atoms in total. The van der Waals surface area contributed by atoms with Crippen LogP contribution in [-0.2, 0) is 9.53 Å². The quantitative estimate of drug-likeness (QED) is 0.612. The van der Waals surface area contributed by atoms with Gasteiger partial charge in [0.25, 0.3) is 0 Å². The Labute approximate surface area is 106 Å². The van der Waals surface area contributed by atoms with Crippen molar-refractivity contribution in [1.82, 2.24) is 4.98 Å². The second kappa shape index (κ2) is 5.45. The van der Waals surface area contributed by atoms with E-state index >= 15 is 0 Å². The molecule has 18 heavy (non-hydrogen) atoms. The number of ether oxygens (including phenoxy) is 1. The zero-order valence-corrected chi connectivity index (χ0v) is 10.5. The van der Waals surface area contributed by atoms with Crippen LogP contribution in [0.4, 0.5) is 0 Å². The topological polar surface area (TPSA) is 39.2 Å². The Hall–Kier alpha value is -2.16. The first-order chi connectivity index (χ1) is 8.72. The number of nitrogens with zero attached hydrogens (tertiary/aromatic N) is 1. The standard InChI is InChI=1S/C15H15NO2/c1-3-18-15(17)11(2)10-12-8-9-16-14-7-5-4-6-13(12)14/h4-10H,3H2,1-2H3/b11-10+. The molecule has 3 heteroatoms. The molecular formula is C15H15NO2. The molecule has 0 saturated carbocycles. The third kappa shape index (κ3) is 2.56. The Morgan fingerprint density at radius 2 is 2.11 bits per heavy atom. The molecule has 1 heterocycles.